The molecular weight excluding hydrogens is 178 g/mol. The minimum atomic E-state index is -0.761. The number of nitrogen functional groups attached to an aromatic ring is 1. The Bertz CT molecular complexity index is 389. The Labute approximate surface area is 82.5 Å². The van der Waals surface area contributed by atoms with E-state index < -0.39 is 11.4 Å². The number of anilines is 1. The van der Waals surface area contributed by atoms with Crippen molar-refractivity contribution in [1.82, 2.24) is 0 Å². The number of carboxylic acid groups (broad SMARTS) is 1. The molecule has 3 nitrogen and oxygen atoms in total. The van der Waals surface area contributed by atoms with Gasteiger partial charge in [0.1, 0.15) is 0 Å². The number of rotatable bonds is 2. The molecule has 0 aliphatic heterocycles. The lowest BCUT2D eigenvalue weighted by Gasteiger charge is -2.13. The molecule has 74 valence electrons. The van der Waals surface area contributed by atoms with Gasteiger partial charge in [0.15, 0.2) is 0 Å². The van der Waals surface area contributed by atoms with Gasteiger partial charge >= 0.3 is 5.97 Å². The van der Waals surface area contributed by atoms with Crippen molar-refractivity contribution in [3.63, 3.8) is 0 Å². The second-order valence-corrected chi connectivity index (χ2v) is 3.97. The maximum atomic E-state index is 11.2. The van der Waals surface area contributed by atoms with Crippen LogP contribution in [0.15, 0.2) is 24.3 Å². The average Bonchev–Trinajstić information content (AvgIpc) is 2.79. The van der Waals surface area contributed by atoms with Crippen molar-refractivity contribution in [2.75, 3.05) is 5.73 Å². The van der Waals surface area contributed by atoms with Crippen molar-refractivity contribution in [2.45, 2.75) is 18.8 Å². The van der Waals surface area contributed by atoms with E-state index in [1.807, 2.05) is 25.1 Å². The van der Waals surface area contributed by atoms with Crippen molar-refractivity contribution >= 4 is 11.7 Å². The van der Waals surface area contributed by atoms with Gasteiger partial charge in [-0.25, -0.2) is 0 Å². The SMILES string of the molecule is CC1CC1(C(=O)O)c1ccccc1N. The van der Waals surface area contributed by atoms with Crippen LogP contribution in [0.2, 0.25) is 0 Å². The third-order valence-corrected chi connectivity index (χ3v) is 3.13. The smallest absolute Gasteiger partial charge is 0.314 e. The van der Waals surface area contributed by atoms with Crippen LogP contribution in [0.4, 0.5) is 5.69 Å². The van der Waals surface area contributed by atoms with Crippen LogP contribution in [0, 0.1) is 5.92 Å². The first-order valence-corrected chi connectivity index (χ1v) is 4.67. The number of hydrogen-bond acceptors (Lipinski definition) is 2. The van der Waals surface area contributed by atoms with Gasteiger partial charge in [-0.2, -0.15) is 0 Å². The van der Waals surface area contributed by atoms with E-state index >= 15 is 0 Å². The Kier molecular flexibility index (Phi) is 1.77. The molecule has 1 aliphatic carbocycles. The predicted molar refractivity (Wildman–Crippen MR) is 53.9 cm³/mol. The van der Waals surface area contributed by atoms with Gasteiger partial charge in [-0.05, 0) is 24.0 Å². The molecule has 0 bridgehead atoms. The maximum Gasteiger partial charge on any atom is 0.314 e. The molecule has 0 amide bonds. The molecule has 0 saturated heterocycles. The Hall–Kier alpha value is -1.51. The zero-order chi connectivity index (χ0) is 10.3. The van der Waals surface area contributed by atoms with E-state index in [4.69, 9.17) is 5.73 Å². The van der Waals surface area contributed by atoms with Gasteiger partial charge in [-0.3, -0.25) is 4.79 Å². The normalized spacial score (nSPS) is 29.9. The summed E-state index contributed by atoms with van der Waals surface area (Å²) >= 11 is 0. The minimum absolute atomic E-state index is 0.185. The summed E-state index contributed by atoms with van der Waals surface area (Å²) in [4.78, 5) is 11.2. The van der Waals surface area contributed by atoms with Gasteiger partial charge in [0, 0.05) is 5.69 Å². The van der Waals surface area contributed by atoms with Gasteiger partial charge in [-0.15, -0.1) is 0 Å². The van der Waals surface area contributed by atoms with Gasteiger partial charge in [0.05, 0.1) is 5.41 Å². The number of carbonyl (C=O) groups is 1. The zero-order valence-corrected chi connectivity index (χ0v) is 8.03. The van der Waals surface area contributed by atoms with Crippen LogP contribution in [0.3, 0.4) is 0 Å². The zero-order valence-electron chi connectivity index (χ0n) is 8.03. The Morgan fingerprint density at radius 3 is 2.57 bits per heavy atom. The fraction of sp³-hybridized carbons (Fsp3) is 0.364. The van der Waals surface area contributed by atoms with Gasteiger partial charge in [0.25, 0.3) is 0 Å². The topological polar surface area (TPSA) is 63.3 Å². The van der Waals surface area contributed by atoms with Crippen LogP contribution in [0.5, 0.6) is 0 Å². The molecule has 2 rings (SSSR count). The van der Waals surface area contributed by atoms with Crippen molar-refractivity contribution in [3.05, 3.63) is 29.8 Å². The molecule has 14 heavy (non-hydrogen) atoms. The van der Waals surface area contributed by atoms with E-state index in [-0.39, 0.29) is 5.92 Å². The maximum absolute atomic E-state index is 11.2. The second kappa shape index (κ2) is 2.74. The molecule has 1 aromatic rings. The third-order valence-electron chi connectivity index (χ3n) is 3.13. The first-order chi connectivity index (χ1) is 6.59. The number of para-hydroxylation sites is 1. The van der Waals surface area contributed by atoms with Crippen LogP contribution in [-0.2, 0) is 10.2 Å². The molecule has 1 aliphatic rings. The Morgan fingerprint density at radius 2 is 2.14 bits per heavy atom. The van der Waals surface area contributed by atoms with Gasteiger partial charge in [-0.1, -0.05) is 25.1 Å². The van der Waals surface area contributed by atoms with Crippen molar-refractivity contribution in [3.8, 4) is 0 Å². The summed E-state index contributed by atoms with van der Waals surface area (Å²) in [5.41, 5.74) is 6.41. The van der Waals surface area contributed by atoms with Crippen LogP contribution < -0.4 is 5.73 Å². The fourth-order valence-electron chi connectivity index (χ4n) is 2.12. The molecule has 2 unspecified atom stereocenters. The first-order valence-electron chi connectivity index (χ1n) is 4.67. The molecule has 1 aromatic carbocycles. The number of aliphatic carboxylic acids is 1. The highest BCUT2D eigenvalue weighted by Crippen LogP contribution is 2.55. The van der Waals surface area contributed by atoms with Gasteiger partial charge in [0.2, 0.25) is 0 Å². The molecule has 1 saturated carbocycles. The quantitative estimate of drug-likeness (QED) is 0.698. The molecule has 0 aromatic heterocycles. The highest BCUT2D eigenvalue weighted by Gasteiger charge is 2.59. The molecule has 0 radical (unpaired) electrons. The number of carboxylic acids is 1. The summed E-state index contributed by atoms with van der Waals surface area (Å²) in [5, 5.41) is 9.20. The van der Waals surface area contributed by atoms with Crippen LogP contribution in [0.25, 0.3) is 0 Å². The summed E-state index contributed by atoms with van der Waals surface area (Å²) in [5.74, 6) is -0.576. The summed E-state index contributed by atoms with van der Waals surface area (Å²) in [6, 6.07) is 7.22. The first kappa shape index (κ1) is 9.06. The summed E-state index contributed by atoms with van der Waals surface area (Å²) in [6.45, 7) is 1.94. The van der Waals surface area contributed by atoms with Crippen LogP contribution >= 0.6 is 0 Å². The third kappa shape index (κ3) is 1.02. The van der Waals surface area contributed by atoms with Crippen molar-refractivity contribution < 1.29 is 9.90 Å². The van der Waals surface area contributed by atoms with E-state index in [1.165, 1.54) is 0 Å². The highest BCUT2D eigenvalue weighted by atomic mass is 16.4. The molecule has 2 atom stereocenters. The Balaban J connectivity index is 2.49. The lowest BCUT2D eigenvalue weighted by Crippen LogP contribution is -2.23. The number of hydrogen-bond donors (Lipinski definition) is 2. The minimum Gasteiger partial charge on any atom is -0.481 e. The molecule has 0 heterocycles. The highest BCUT2D eigenvalue weighted by molar-refractivity contribution is 5.87. The van der Waals surface area contributed by atoms with E-state index in [2.05, 4.69) is 0 Å². The average molecular weight is 191 g/mol. The fourth-order valence-corrected chi connectivity index (χ4v) is 2.12. The van der Waals surface area contributed by atoms with E-state index in [0.29, 0.717) is 12.1 Å². The lowest BCUT2D eigenvalue weighted by atomic mass is 9.92. The van der Waals surface area contributed by atoms with Crippen molar-refractivity contribution in [2.24, 2.45) is 5.92 Å². The summed E-state index contributed by atoms with van der Waals surface area (Å²) in [6.07, 6.45) is 0.691. The number of nitrogens with two attached hydrogens (primary N) is 1. The molecule has 0 spiro atoms. The number of benzene rings is 1. The molecular formula is C11H13NO2. The lowest BCUT2D eigenvalue weighted by molar-refractivity contribution is -0.140. The van der Waals surface area contributed by atoms with Crippen LogP contribution in [-0.4, -0.2) is 11.1 Å². The largest absolute Gasteiger partial charge is 0.481 e. The van der Waals surface area contributed by atoms with E-state index in [0.717, 1.165) is 5.56 Å². The van der Waals surface area contributed by atoms with Crippen molar-refractivity contribution in [1.29, 1.82) is 0 Å². The molecule has 1 fully saturated rings. The standard InChI is InChI=1S/C11H13NO2/c1-7-6-11(7,10(13)14)8-4-2-3-5-9(8)12/h2-5,7H,6,12H2,1H3,(H,13,14). The second-order valence-electron chi connectivity index (χ2n) is 3.97. The summed E-state index contributed by atoms with van der Waals surface area (Å²) < 4.78 is 0. The predicted octanol–water partition coefficient (Wildman–Crippen LogP) is 1.63. The summed E-state index contributed by atoms with van der Waals surface area (Å²) in [7, 11) is 0. The Morgan fingerprint density at radius 1 is 1.57 bits per heavy atom. The van der Waals surface area contributed by atoms with Gasteiger partial charge < -0.3 is 10.8 Å². The monoisotopic (exact) mass is 191 g/mol. The van der Waals surface area contributed by atoms with E-state index in [1.54, 1.807) is 6.07 Å². The molecule has 3 heteroatoms. The van der Waals surface area contributed by atoms with E-state index in [9.17, 15) is 9.90 Å². The molecule has 3 N–H and O–H groups in total. The van der Waals surface area contributed by atoms with Crippen LogP contribution in [0.1, 0.15) is 18.9 Å².